The van der Waals surface area contributed by atoms with Crippen molar-refractivity contribution in [2.24, 2.45) is 0 Å². The highest BCUT2D eigenvalue weighted by Gasteiger charge is 2.18. The van der Waals surface area contributed by atoms with E-state index in [4.69, 9.17) is 5.73 Å². The van der Waals surface area contributed by atoms with Gasteiger partial charge in [0.2, 0.25) is 5.95 Å². The molecular weight excluding hydrogens is 262 g/mol. The summed E-state index contributed by atoms with van der Waals surface area (Å²) >= 11 is 0. The summed E-state index contributed by atoms with van der Waals surface area (Å²) < 4.78 is 0. The third-order valence-corrected chi connectivity index (χ3v) is 4.05. The van der Waals surface area contributed by atoms with E-state index in [1.54, 1.807) is 12.4 Å². The first-order chi connectivity index (χ1) is 10.3. The van der Waals surface area contributed by atoms with Crippen molar-refractivity contribution in [2.45, 2.75) is 50.9 Å². The number of nitrogens with zero attached hydrogens (tertiary/aromatic N) is 4. The normalized spacial score (nSPS) is 16.6. The largest absolute Gasteiger partial charge is 0.368 e. The molecule has 3 rings (SSSR count). The predicted molar refractivity (Wildman–Crippen MR) is 81.7 cm³/mol. The van der Waals surface area contributed by atoms with Crippen LogP contribution in [0.4, 0.5) is 5.95 Å². The minimum absolute atomic E-state index is 0.341. The maximum Gasteiger partial charge on any atom is 0.223 e. The van der Waals surface area contributed by atoms with E-state index in [2.05, 4.69) is 19.9 Å². The maximum atomic E-state index is 5.88. The average molecular weight is 283 g/mol. The predicted octanol–water partition coefficient (Wildman–Crippen LogP) is 2.88. The Bertz CT molecular complexity index is 576. The molecule has 0 amide bonds. The van der Waals surface area contributed by atoms with Crippen LogP contribution < -0.4 is 5.73 Å². The molecule has 0 aromatic carbocycles. The molecule has 0 aliphatic heterocycles. The molecule has 0 bridgehead atoms. The molecule has 0 spiro atoms. The molecule has 0 atom stereocenters. The van der Waals surface area contributed by atoms with Gasteiger partial charge in [-0.05, 0) is 30.5 Å². The topological polar surface area (TPSA) is 77.6 Å². The Morgan fingerprint density at radius 2 is 1.67 bits per heavy atom. The van der Waals surface area contributed by atoms with Crippen LogP contribution in [0.1, 0.15) is 61.7 Å². The van der Waals surface area contributed by atoms with Crippen molar-refractivity contribution in [3.63, 3.8) is 0 Å². The van der Waals surface area contributed by atoms with Gasteiger partial charge in [-0.1, -0.05) is 25.7 Å². The molecule has 110 valence electrons. The fourth-order valence-corrected chi connectivity index (χ4v) is 2.94. The molecule has 5 heteroatoms. The Balaban J connectivity index is 1.82. The Labute approximate surface area is 125 Å². The van der Waals surface area contributed by atoms with Crippen LogP contribution in [0.5, 0.6) is 0 Å². The van der Waals surface area contributed by atoms with Crippen LogP contribution in [-0.4, -0.2) is 19.9 Å². The van der Waals surface area contributed by atoms with E-state index in [9.17, 15) is 0 Å². The van der Waals surface area contributed by atoms with Gasteiger partial charge in [0.15, 0.2) is 0 Å². The second kappa shape index (κ2) is 6.61. The monoisotopic (exact) mass is 283 g/mol. The molecule has 5 nitrogen and oxygen atoms in total. The van der Waals surface area contributed by atoms with Crippen LogP contribution in [0.3, 0.4) is 0 Å². The fourth-order valence-electron chi connectivity index (χ4n) is 2.94. The summed E-state index contributed by atoms with van der Waals surface area (Å²) in [6.07, 6.45) is 11.7. The third kappa shape index (κ3) is 3.74. The molecule has 0 radical (unpaired) electrons. The maximum absolute atomic E-state index is 5.88. The summed E-state index contributed by atoms with van der Waals surface area (Å²) in [5.74, 6) is 2.42. The van der Waals surface area contributed by atoms with Gasteiger partial charge in [0.05, 0.1) is 0 Å². The van der Waals surface area contributed by atoms with E-state index in [0.717, 1.165) is 30.1 Å². The van der Waals surface area contributed by atoms with Crippen molar-refractivity contribution >= 4 is 5.95 Å². The molecule has 1 aliphatic rings. The molecule has 0 saturated heterocycles. The fraction of sp³-hybridized carbons (Fsp3) is 0.500. The number of pyridine rings is 1. The number of hydrogen-bond acceptors (Lipinski definition) is 5. The first-order valence-corrected chi connectivity index (χ1v) is 7.70. The Kier molecular flexibility index (Phi) is 4.38. The molecule has 21 heavy (non-hydrogen) atoms. The quantitative estimate of drug-likeness (QED) is 0.876. The summed E-state index contributed by atoms with van der Waals surface area (Å²) in [4.78, 5) is 17.4. The van der Waals surface area contributed by atoms with Crippen molar-refractivity contribution in [3.8, 4) is 0 Å². The van der Waals surface area contributed by atoms with Gasteiger partial charge in [-0.25, -0.2) is 4.98 Å². The van der Waals surface area contributed by atoms with Gasteiger partial charge in [0, 0.05) is 24.7 Å². The Morgan fingerprint density at radius 1 is 0.952 bits per heavy atom. The molecule has 2 aromatic rings. The molecule has 2 heterocycles. The minimum Gasteiger partial charge on any atom is -0.368 e. The van der Waals surface area contributed by atoms with Crippen LogP contribution in [0.25, 0.3) is 0 Å². The van der Waals surface area contributed by atoms with Gasteiger partial charge in [0.25, 0.3) is 0 Å². The minimum atomic E-state index is 0.341. The highest BCUT2D eigenvalue weighted by molar-refractivity contribution is 5.22. The molecule has 1 aliphatic carbocycles. The SMILES string of the molecule is Nc1nc(Cc2ccncc2)nc(C2CCCCCC2)n1. The van der Waals surface area contributed by atoms with Gasteiger partial charge < -0.3 is 5.73 Å². The van der Waals surface area contributed by atoms with E-state index in [-0.39, 0.29) is 0 Å². The number of anilines is 1. The first kappa shape index (κ1) is 13.9. The second-order valence-corrected chi connectivity index (χ2v) is 5.69. The zero-order chi connectivity index (χ0) is 14.5. The van der Waals surface area contributed by atoms with E-state index in [1.165, 1.54) is 25.7 Å². The van der Waals surface area contributed by atoms with E-state index >= 15 is 0 Å². The van der Waals surface area contributed by atoms with Crippen LogP contribution in [0.15, 0.2) is 24.5 Å². The lowest BCUT2D eigenvalue weighted by Crippen LogP contribution is -2.11. The molecule has 2 aromatic heterocycles. The van der Waals surface area contributed by atoms with Crippen molar-refractivity contribution < 1.29 is 0 Å². The van der Waals surface area contributed by atoms with Gasteiger partial charge >= 0.3 is 0 Å². The molecule has 2 N–H and O–H groups in total. The molecule has 1 saturated carbocycles. The second-order valence-electron chi connectivity index (χ2n) is 5.69. The average Bonchev–Trinajstić information content (AvgIpc) is 2.77. The molecule has 0 unspecified atom stereocenters. The molecule has 1 fully saturated rings. The lowest BCUT2D eigenvalue weighted by Gasteiger charge is -2.13. The number of aromatic nitrogens is 4. The zero-order valence-electron chi connectivity index (χ0n) is 12.2. The number of nitrogens with two attached hydrogens (primary N) is 1. The highest BCUT2D eigenvalue weighted by Crippen LogP contribution is 2.29. The summed E-state index contributed by atoms with van der Waals surface area (Å²) in [6, 6.07) is 3.95. The summed E-state index contributed by atoms with van der Waals surface area (Å²) in [6.45, 7) is 0. The highest BCUT2D eigenvalue weighted by atomic mass is 15.1. The third-order valence-electron chi connectivity index (χ3n) is 4.05. The Hall–Kier alpha value is -2.04. The standard InChI is InChI=1S/C16H21N5/c17-16-20-14(11-12-7-9-18-10-8-12)19-15(21-16)13-5-3-1-2-4-6-13/h7-10,13H,1-6,11H2,(H2,17,19,20,21). The Morgan fingerprint density at radius 3 is 2.38 bits per heavy atom. The van der Waals surface area contributed by atoms with E-state index in [0.29, 0.717) is 18.3 Å². The number of rotatable bonds is 3. The lowest BCUT2D eigenvalue weighted by molar-refractivity contribution is 0.555. The van der Waals surface area contributed by atoms with Gasteiger partial charge in [-0.3, -0.25) is 4.98 Å². The first-order valence-electron chi connectivity index (χ1n) is 7.70. The summed E-state index contributed by atoms with van der Waals surface area (Å²) in [5, 5.41) is 0. The van der Waals surface area contributed by atoms with Gasteiger partial charge in [0.1, 0.15) is 11.6 Å². The zero-order valence-corrected chi connectivity index (χ0v) is 12.2. The number of nitrogen functional groups attached to an aromatic ring is 1. The van der Waals surface area contributed by atoms with Crippen molar-refractivity contribution in [1.82, 2.24) is 19.9 Å². The molecular formula is C16H21N5. The summed E-state index contributed by atoms with van der Waals surface area (Å²) in [5.41, 5.74) is 7.03. The van der Waals surface area contributed by atoms with Gasteiger partial charge in [-0.15, -0.1) is 0 Å². The van der Waals surface area contributed by atoms with Crippen LogP contribution in [0.2, 0.25) is 0 Å². The van der Waals surface area contributed by atoms with Crippen molar-refractivity contribution in [2.75, 3.05) is 5.73 Å². The number of hydrogen-bond donors (Lipinski definition) is 1. The van der Waals surface area contributed by atoms with E-state index in [1.807, 2.05) is 12.1 Å². The van der Waals surface area contributed by atoms with Gasteiger partial charge in [-0.2, -0.15) is 9.97 Å². The van der Waals surface area contributed by atoms with Crippen molar-refractivity contribution in [1.29, 1.82) is 0 Å². The van der Waals surface area contributed by atoms with Crippen LogP contribution in [0, 0.1) is 0 Å². The lowest BCUT2D eigenvalue weighted by atomic mass is 9.99. The van der Waals surface area contributed by atoms with Crippen LogP contribution >= 0.6 is 0 Å². The smallest absolute Gasteiger partial charge is 0.223 e. The van der Waals surface area contributed by atoms with E-state index < -0.39 is 0 Å². The van der Waals surface area contributed by atoms with Crippen molar-refractivity contribution in [3.05, 3.63) is 41.7 Å². The summed E-state index contributed by atoms with van der Waals surface area (Å²) in [7, 11) is 0. The van der Waals surface area contributed by atoms with Crippen LogP contribution in [-0.2, 0) is 6.42 Å².